The Labute approximate surface area is 156 Å². The molecule has 1 N–H and O–H groups in total. The highest BCUT2D eigenvalue weighted by Gasteiger charge is 2.09. The van der Waals surface area contributed by atoms with Crippen LogP contribution in [0, 0.1) is 0 Å². The minimum atomic E-state index is -0.205. The molecule has 140 valence electrons. The zero-order valence-electron chi connectivity index (χ0n) is 15.1. The van der Waals surface area contributed by atoms with Crippen LogP contribution in [0.2, 0.25) is 0 Å². The van der Waals surface area contributed by atoms with Gasteiger partial charge in [0.2, 0.25) is 0 Å². The second-order valence-corrected chi connectivity index (χ2v) is 5.66. The Balaban J connectivity index is 1.50. The second-order valence-electron chi connectivity index (χ2n) is 5.66. The monoisotopic (exact) mass is 368 g/mol. The fourth-order valence-corrected chi connectivity index (χ4v) is 2.37. The fourth-order valence-electron chi connectivity index (χ4n) is 2.37. The molecule has 2 aromatic carbocycles. The largest absolute Gasteiger partial charge is 0.497 e. The Kier molecular flexibility index (Phi) is 5.94. The van der Waals surface area contributed by atoms with Crippen molar-refractivity contribution in [1.82, 2.24) is 10.5 Å². The maximum Gasteiger partial charge on any atom is 0.251 e. The van der Waals surface area contributed by atoms with Crippen molar-refractivity contribution in [2.24, 2.45) is 0 Å². The summed E-state index contributed by atoms with van der Waals surface area (Å²) >= 11 is 0. The summed E-state index contributed by atoms with van der Waals surface area (Å²) in [5, 5.41) is 6.73. The summed E-state index contributed by atoms with van der Waals surface area (Å²) in [5.74, 6) is 2.42. The smallest absolute Gasteiger partial charge is 0.251 e. The topological polar surface area (TPSA) is 82.8 Å². The number of hydrogen-bond acceptors (Lipinski definition) is 6. The molecular formula is C20H20N2O5. The predicted octanol–water partition coefficient (Wildman–Crippen LogP) is 3.20. The molecule has 0 unspecified atom stereocenters. The van der Waals surface area contributed by atoms with Crippen molar-refractivity contribution < 1.29 is 23.5 Å². The molecule has 7 nitrogen and oxygen atoms in total. The number of benzene rings is 2. The first-order valence-electron chi connectivity index (χ1n) is 8.31. The van der Waals surface area contributed by atoms with Crippen LogP contribution in [0.1, 0.15) is 21.8 Å². The van der Waals surface area contributed by atoms with Gasteiger partial charge < -0.3 is 24.1 Å². The number of carbonyl (C=O) groups excluding carboxylic acids is 1. The molecule has 0 bridgehead atoms. The first-order chi connectivity index (χ1) is 13.2. The van der Waals surface area contributed by atoms with Crippen molar-refractivity contribution in [2.75, 3.05) is 14.2 Å². The second kappa shape index (κ2) is 8.75. The van der Waals surface area contributed by atoms with E-state index in [0.29, 0.717) is 28.5 Å². The number of hydrogen-bond donors (Lipinski definition) is 1. The summed E-state index contributed by atoms with van der Waals surface area (Å²) in [7, 11) is 3.18. The SMILES string of the molecule is COc1ccc(C(=O)NCc2cc(COc3cccc(OC)c3)no2)cc1. The number of aromatic nitrogens is 1. The van der Waals surface area contributed by atoms with E-state index in [4.69, 9.17) is 18.7 Å². The van der Waals surface area contributed by atoms with Crippen LogP contribution < -0.4 is 19.5 Å². The minimum absolute atomic E-state index is 0.205. The summed E-state index contributed by atoms with van der Waals surface area (Å²) in [6.07, 6.45) is 0. The first kappa shape index (κ1) is 18.3. The zero-order chi connectivity index (χ0) is 19.1. The van der Waals surface area contributed by atoms with Crippen molar-refractivity contribution in [3.8, 4) is 17.2 Å². The maximum atomic E-state index is 12.1. The predicted molar refractivity (Wildman–Crippen MR) is 98.0 cm³/mol. The third-order valence-electron chi connectivity index (χ3n) is 3.81. The number of nitrogens with one attached hydrogen (secondary N) is 1. The third-order valence-corrected chi connectivity index (χ3v) is 3.81. The van der Waals surface area contributed by atoms with E-state index in [1.807, 2.05) is 18.2 Å². The summed E-state index contributed by atoms with van der Waals surface area (Å²) in [4.78, 5) is 12.1. The van der Waals surface area contributed by atoms with Gasteiger partial charge in [-0.1, -0.05) is 11.2 Å². The highest BCUT2D eigenvalue weighted by Crippen LogP contribution is 2.20. The lowest BCUT2D eigenvalue weighted by Crippen LogP contribution is -2.22. The van der Waals surface area contributed by atoms with Crippen molar-refractivity contribution >= 4 is 5.91 Å². The lowest BCUT2D eigenvalue weighted by molar-refractivity contribution is 0.0947. The summed E-state index contributed by atoms with van der Waals surface area (Å²) in [6, 6.07) is 15.9. The van der Waals surface area contributed by atoms with Gasteiger partial charge in [-0.25, -0.2) is 0 Å². The highest BCUT2D eigenvalue weighted by molar-refractivity contribution is 5.94. The molecule has 0 aliphatic carbocycles. The minimum Gasteiger partial charge on any atom is -0.497 e. The molecule has 0 saturated heterocycles. The number of ether oxygens (including phenoxy) is 3. The van der Waals surface area contributed by atoms with E-state index in [1.54, 1.807) is 50.6 Å². The Morgan fingerprint density at radius 1 is 1.00 bits per heavy atom. The molecule has 0 atom stereocenters. The third kappa shape index (κ3) is 5.01. The summed E-state index contributed by atoms with van der Waals surface area (Å²) in [5.41, 5.74) is 1.17. The molecule has 1 heterocycles. The van der Waals surface area contributed by atoms with Gasteiger partial charge in [0.25, 0.3) is 5.91 Å². The van der Waals surface area contributed by atoms with Crippen molar-refractivity contribution in [2.45, 2.75) is 13.2 Å². The van der Waals surface area contributed by atoms with Gasteiger partial charge in [-0.15, -0.1) is 0 Å². The normalized spacial score (nSPS) is 10.3. The van der Waals surface area contributed by atoms with E-state index >= 15 is 0 Å². The lowest BCUT2D eigenvalue weighted by atomic mass is 10.2. The average molecular weight is 368 g/mol. The molecule has 7 heteroatoms. The Morgan fingerprint density at radius 3 is 2.48 bits per heavy atom. The van der Waals surface area contributed by atoms with Crippen molar-refractivity contribution in [1.29, 1.82) is 0 Å². The summed E-state index contributed by atoms with van der Waals surface area (Å²) < 4.78 is 21.1. The molecule has 0 fully saturated rings. The van der Waals surface area contributed by atoms with Crippen LogP contribution >= 0.6 is 0 Å². The van der Waals surface area contributed by atoms with Gasteiger partial charge in [-0.3, -0.25) is 4.79 Å². The maximum absolute atomic E-state index is 12.1. The molecule has 0 aliphatic rings. The van der Waals surface area contributed by atoms with Gasteiger partial charge in [0.15, 0.2) is 5.76 Å². The first-order valence-corrected chi connectivity index (χ1v) is 8.31. The Hall–Kier alpha value is -3.48. The van der Waals surface area contributed by atoms with E-state index in [2.05, 4.69) is 10.5 Å². The molecule has 3 rings (SSSR count). The molecular weight excluding hydrogens is 348 g/mol. The van der Waals surface area contributed by atoms with Crippen molar-refractivity contribution in [3.05, 3.63) is 71.6 Å². The number of methoxy groups -OCH3 is 2. The standard InChI is InChI=1S/C20H20N2O5/c1-24-16-8-6-14(7-9-16)20(23)21-12-19-10-15(22-27-19)13-26-18-5-3-4-17(11-18)25-2/h3-11H,12-13H2,1-2H3,(H,21,23). The van der Waals surface area contributed by atoms with Gasteiger partial charge in [-0.05, 0) is 36.4 Å². The van der Waals surface area contributed by atoms with Crippen LogP contribution in [0.4, 0.5) is 0 Å². The zero-order valence-corrected chi connectivity index (χ0v) is 15.1. The van der Waals surface area contributed by atoms with E-state index < -0.39 is 0 Å². The Bertz CT molecular complexity index is 889. The van der Waals surface area contributed by atoms with Crippen LogP contribution in [-0.4, -0.2) is 25.3 Å². The van der Waals surface area contributed by atoms with E-state index in [9.17, 15) is 4.79 Å². The van der Waals surface area contributed by atoms with Gasteiger partial charge >= 0.3 is 0 Å². The van der Waals surface area contributed by atoms with Crippen LogP contribution in [0.15, 0.2) is 59.1 Å². The van der Waals surface area contributed by atoms with Crippen LogP contribution in [0.25, 0.3) is 0 Å². The van der Waals surface area contributed by atoms with Gasteiger partial charge in [0.05, 0.1) is 20.8 Å². The van der Waals surface area contributed by atoms with Crippen LogP contribution in [0.5, 0.6) is 17.2 Å². The molecule has 27 heavy (non-hydrogen) atoms. The van der Waals surface area contributed by atoms with Gasteiger partial charge in [0, 0.05) is 17.7 Å². The van der Waals surface area contributed by atoms with Crippen LogP contribution in [-0.2, 0) is 13.2 Å². The molecule has 0 saturated carbocycles. The van der Waals surface area contributed by atoms with E-state index in [0.717, 1.165) is 5.75 Å². The van der Waals surface area contributed by atoms with Gasteiger partial charge in [0.1, 0.15) is 29.5 Å². The Morgan fingerprint density at radius 2 is 1.74 bits per heavy atom. The van der Waals surface area contributed by atoms with Crippen molar-refractivity contribution in [3.63, 3.8) is 0 Å². The summed E-state index contributed by atoms with van der Waals surface area (Å²) in [6.45, 7) is 0.486. The number of nitrogens with zero attached hydrogens (tertiary/aromatic N) is 1. The molecule has 1 aromatic heterocycles. The molecule has 0 aliphatic heterocycles. The van der Waals surface area contributed by atoms with Gasteiger partial charge in [-0.2, -0.15) is 0 Å². The molecule has 3 aromatic rings. The molecule has 0 spiro atoms. The van der Waals surface area contributed by atoms with Crippen LogP contribution in [0.3, 0.4) is 0 Å². The highest BCUT2D eigenvalue weighted by atomic mass is 16.5. The fraction of sp³-hybridized carbons (Fsp3) is 0.200. The number of amides is 1. The lowest BCUT2D eigenvalue weighted by Gasteiger charge is -2.05. The molecule has 1 amide bonds. The average Bonchev–Trinajstić information content (AvgIpc) is 3.18. The molecule has 0 radical (unpaired) electrons. The number of rotatable bonds is 8. The number of carbonyl (C=O) groups is 1. The van der Waals surface area contributed by atoms with E-state index in [-0.39, 0.29) is 19.1 Å². The quantitative estimate of drug-likeness (QED) is 0.657. The van der Waals surface area contributed by atoms with E-state index in [1.165, 1.54) is 0 Å².